The van der Waals surface area contributed by atoms with Crippen molar-refractivity contribution in [3.8, 4) is 0 Å². The monoisotopic (exact) mass is 926 g/mol. The second-order valence-electron chi connectivity index (χ2n) is 22.7. The smallest absolute Gasteiger partial charge is 0.332 e. The Balaban J connectivity index is 0.886. The van der Waals surface area contributed by atoms with Crippen LogP contribution in [-0.4, -0.2) is 102 Å². The predicted octanol–water partition coefficient (Wildman–Crippen LogP) is 13.7. The summed E-state index contributed by atoms with van der Waals surface area (Å²) in [4.78, 5) is 15.1. The summed E-state index contributed by atoms with van der Waals surface area (Å²) < 4.78 is 35.5. The average Bonchev–Trinajstić information content (AvgIpc) is 3.67. The van der Waals surface area contributed by atoms with Gasteiger partial charge in [0.1, 0.15) is 13.2 Å². The number of carbonyl (C=O) groups excluding carboxylic acids is 1. The lowest BCUT2D eigenvalue weighted by Gasteiger charge is -2.58. The number of hydrogen-bond acceptors (Lipinski definition) is 8. The number of hydrogen-bond donors (Lipinski definition) is 0. The van der Waals surface area contributed by atoms with E-state index >= 15 is 0 Å². The van der Waals surface area contributed by atoms with Crippen LogP contribution in [0.5, 0.6) is 0 Å². The summed E-state index contributed by atoms with van der Waals surface area (Å²) >= 11 is 0. The number of rotatable bonds is 35. The second kappa shape index (κ2) is 31.1. The highest BCUT2D eigenvalue weighted by Gasteiger charge is 2.59. The van der Waals surface area contributed by atoms with Crippen molar-refractivity contribution in [1.29, 1.82) is 0 Å². The van der Waals surface area contributed by atoms with E-state index in [0.717, 1.165) is 94.2 Å². The van der Waals surface area contributed by atoms with Crippen molar-refractivity contribution in [2.45, 2.75) is 214 Å². The van der Waals surface area contributed by atoms with E-state index < -0.39 is 0 Å². The number of carbonyl (C=O) groups is 1. The van der Waals surface area contributed by atoms with E-state index in [1.165, 1.54) is 141 Å². The Morgan fingerprint density at radius 3 is 2.23 bits per heavy atom. The molecular formula is C58H103NO7. The van der Waals surface area contributed by atoms with Crippen LogP contribution in [0.15, 0.2) is 23.8 Å². The molecule has 0 aromatic heterocycles. The van der Waals surface area contributed by atoms with Gasteiger partial charge in [0.15, 0.2) is 0 Å². The van der Waals surface area contributed by atoms with Gasteiger partial charge in [-0.1, -0.05) is 142 Å². The zero-order chi connectivity index (χ0) is 46.9. The zero-order valence-electron chi connectivity index (χ0n) is 43.8. The Kier molecular flexibility index (Phi) is 26.2. The van der Waals surface area contributed by atoms with Gasteiger partial charge in [-0.25, -0.2) is 4.79 Å². The lowest BCUT2D eigenvalue weighted by molar-refractivity contribution is -0.153. The molecule has 9 atom stereocenters. The maximum Gasteiger partial charge on any atom is 0.332 e. The molecule has 1 saturated heterocycles. The third kappa shape index (κ3) is 18.5. The maximum atomic E-state index is 12.7. The second-order valence-corrected chi connectivity index (χ2v) is 22.7. The van der Waals surface area contributed by atoms with Gasteiger partial charge in [0, 0.05) is 26.2 Å². The predicted molar refractivity (Wildman–Crippen MR) is 272 cm³/mol. The minimum absolute atomic E-state index is 0.00387. The van der Waals surface area contributed by atoms with Crippen molar-refractivity contribution in [2.75, 3.05) is 79.1 Å². The van der Waals surface area contributed by atoms with E-state index in [9.17, 15) is 4.79 Å². The van der Waals surface area contributed by atoms with Crippen LogP contribution in [0, 0.1) is 46.3 Å². The van der Waals surface area contributed by atoms with Crippen molar-refractivity contribution >= 4 is 5.97 Å². The van der Waals surface area contributed by atoms with Crippen LogP contribution in [0.1, 0.15) is 202 Å². The van der Waals surface area contributed by atoms with Crippen LogP contribution in [0.4, 0.5) is 0 Å². The number of morpholine rings is 1. The fourth-order valence-corrected chi connectivity index (χ4v) is 13.5. The lowest BCUT2D eigenvalue weighted by atomic mass is 9.47. The van der Waals surface area contributed by atoms with Gasteiger partial charge in [0.25, 0.3) is 0 Å². The van der Waals surface area contributed by atoms with Gasteiger partial charge < -0.3 is 28.4 Å². The summed E-state index contributed by atoms with van der Waals surface area (Å²) in [5.41, 5.74) is 2.41. The standard InChI is InChI=1S/C58H103NO7/c1-7-8-9-10-11-12-13-14-15-16-17-18-19-20-21-22-36-63-45-51(44-59-34-37-61-38-35-59)64-41-39-62-40-42-65-56(60)46-66-50-30-32-57(5)49(43-50)26-27-52-54-29-28-53(48(4)25-23-24-47(2)3)58(54,6)33-31-55(52)57/h14-15,26,47-48,50-55H,7-13,16-25,27-46H2,1-6H3/b15-14-/t48-,50+,51?,52+,53-,54+,55+,57+,58-/m1/s1. The van der Waals surface area contributed by atoms with Gasteiger partial charge in [0.05, 0.1) is 51.8 Å². The Hall–Kier alpha value is -1.29. The number of allylic oxidation sites excluding steroid dienone is 3. The third-order valence-electron chi connectivity index (χ3n) is 17.4. The highest BCUT2D eigenvalue weighted by molar-refractivity contribution is 5.70. The molecule has 1 unspecified atom stereocenters. The van der Waals surface area contributed by atoms with Crippen molar-refractivity contribution in [3.63, 3.8) is 0 Å². The summed E-state index contributed by atoms with van der Waals surface area (Å²) in [6.45, 7) is 22.0. The fourth-order valence-electron chi connectivity index (χ4n) is 13.5. The molecule has 5 aliphatic rings. The topological polar surface area (TPSA) is 75.7 Å². The first kappa shape index (κ1) is 55.6. The van der Waals surface area contributed by atoms with Gasteiger partial charge >= 0.3 is 5.97 Å². The maximum absolute atomic E-state index is 12.7. The Bertz CT molecular complexity index is 1360. The number of ether oxygens (including phenoxy) is 6. The summed E-state index contributed by atoms with van der Waals surface area (Å²) in [5, 5.41) is 0. The molecule has 8 nitrogen and oxygen atoms in total. The van der Waals surface area contributed by atoms with Gasteiger partial charge in [-0.3, -0.25) is 4.90 Å². The first-order chi connectivity index (χ1) is 32.1. The molecule has 0 spiro atoms. The zero-order valence-corrected chi connectivity index (χ0v) is 43.8. The van der Waals surface area contributed by atoms with Crippen molar-refractivity contribution in [2.24, 2.45) is 46.3 Å². The van der Waals surface area contributed by atoms with Gasteiger partial charge in [0.2, 0.25) is 0 Å². The van der Waals surface area contributed by atoms with Crippen LogP contribution < -0.4 is 0 Å². The number of unbranched alkanes of at least 4 members (excludes halogenated alkanes) is 12. The van der Waals surface area contributed by atoms with Crippen LogP contribution in [0.3, 0.4) is 0 Å². The minimum Gasteiger partial charge on any atom is -0.462 e. The highest BCUT2D eigenvalue weighted by Crippen LogP contribution is 2.67. The number of fused-ring (bicyclic) bond motifs is 5. The molecule has 0 aromatic carbocycles. The molecular weight excluding hydrogens is 823 g/mol. The largest absolute Gasteiger partial charge is 0.462 e. The molecule has 5 rings (SSSR count). The van der Waals surface area contributed by atoms with Crippen molar-refractivity contribution < 1.29 is 33.2 Å². The molecule has 0 radical (unpaired) electrons. The van der Waals surface area contributed by atoms with Crippen molar-refractivity contribution in [1.82, 2.24) is 4.90 Å². The van der Waals surface area contributed by atoms with E-state index in [-0.39, 0.29) is 36.8 Å². The fraction of sp³-hybridized carbons (Fsp3) is 0.914. The summed E-state index contributed by atoms with van der Waals surface area (Å²) in [7, 11) is 0. The SMILES string of the molecule is CCCCCCCC/C=C\CCCCCCCCOCC(CN1CCOCC1)OCCOCCOC(=O)CO[C@H]1CC[C@@]2(C)C(=CC[C@H]3[C@@H]4CC[C@H]([C@H](C)CCCC(C)C)[C@@]4(C)CC[C@@H]32)C1. The van der Waals surface area contributed by atoms with E-state index in [0.29, 0.717) is 31.8 Å². The molecule has 1 aliphatic heterocycles. The molecule has 382 valence electrons. The van der Waals surface area contributed by atoms with Crippen LogP contribution in [0.25, 0.3) is 0 Å². The minimum atomic E-state index is -0.300. The average molecular weight is 926 g/mol. The quantitative estimate of drug-likeness (QED) is 0.0353. The molecule has 4 aliphatic carbocycles. The summed E-state index contributed by atoms with van der Waals surface area (Å²) in [6, 6.07) is 0. The number of nitrogens with zero attached hydrogens (tertiary/aromatic N) is 1. The van der Waals surface area contributed by atoms with Crippen LogP contribution >= 0.6 is 0 Å². The van der Waals surface area contributed by atoms with Gasteiger partial charge in [-0.2, -0.15) is 0 Å². The Labute approximate surface area is 406 Å². The third-order valence-corrected chi connectivity index (χ3v) is 17.4. The Morgan fingerprint density at radius 1 is 0.773 bits per heavy atom. The van der Waals surface area contributed by atoms with Crippen molar-refractivity contribution in [3.05, 3.63) is 23.8 Å². The molecule has 3 saturated carbocycles. The van der Waals surface area contributed by atoms with Crippen LogP contribution in [-0.2, 0) is 33.2 Å². The normalized spacial score (nSPS) is 28.8. The molecule has 4 fully saturated rings. The highest BCUT2D eigenvalue weighted by atomic mass is 16.6. The van der Waals surface area contributed by atoms with E-state index in [2.05, 4.69) is 64.7 Å². The first-order valence-electron chi connectivity index (χ1n) is 28.3. The molecule has 8 heteroatoms. The number of esters is 1. The molecule has 0 bridgehead atoms. The van der Waals surface area contributed by atoms with E-state index in [4.69, 9.17) is 28.4 Å². The lowest BCUT2D eigenvalue weighted by Crippen LogP contribution is -2.51. The van der Waals surface area contributed by atoms with Gasteiger partial charge in [-0.15, -0.1) is 0 Å². The summed E-state index contributed by atoms with van der Waals surface area (Å²) in [6.07, 6.45) is 40.1. The van der Waals surface area contributed by atoms with E-state index in [1.807, 2.05) is 0 Å². The first-order valence-corrected chi connectivity index (χ1v) is 28.3. The van der Waals surface area contributed by atoms with Gasteiger partial charge in [-0.05, 0) is 130 Å². The molecule has 0 N–H and O–H groups in total. The summed E-state index contributed by atoms with van der Waals surface area (Å²) in [5.74, 6) is 4.77. The molecule has 0 aromatic rings. The van der Waals surface area contributed by atoms with E-state index in [1.54, 1.807) is 5.57 Å². The Morgan fingerprint density at radius 2 is 1.48 bits per heavy atom. The molecule has 66 heavy (non-hydrogen) atoms. The molecule has 0 amide bonds. The molecule has 1 heterocycles. The van der Waals surface area contributed by atoms with Crippen LogP contribution in [0.2, 0.25) is 0 Å².